The quantitative estimate of drug-likeness (QED) is 0.734. The summed E-state index contributed by atoms with van der Waals surface area (Å²) in [6, 6.07) is 1.56. The maximum atomic E-state index is 13.1. The van der Waals surface area contributed by atoms with E-state index in [1.165, 1.54) is 19.3 Å². The first kappa shape index (κ1) is 14.9. The molecule has 0 saturated carbocycles. The number of hydrogen-bond acceptors (Lipinski definition) is 2. The highest BCUT2D eigenvalue weighted by molar-refractivity contribution is 5.52. The molecule has 2 nitrogen and oxygen atoms in total. The van der Waals surface area contributed by atoms with Gasteiger partial charge in [0.25, 0.3) is 0 Å². The lowest BCUT2D eigenvalue weighted by atomic mass is 9.94. The van der Waals surface area contributed by atoms with Crippen LogP contribution in [0.15, 0.2) is 12.3 Å². The van der Waals surface area contributed by atoms with E-state index in [2.05, 4.69) is 16.8 Å². The summed E-state index contributed by atoms with van der Waals surface area (Å²) in [4.78, 5) is 5.96. The van der Waals surface area contributed by atoms with Crippen molar-refractivity contribution in [2.24, 2.45) is 5.92 Å². The predicted octanol–water partition coefficient (Wildman–Crippen LogP) is 4.18. The highest BCUT2D eigenvalue weighted by Crippen LogP contribution is 2.27. The molecule has 1 fully saturated rings. The number of anilines is 1. The monoisotopic (exact) mass is 252 g/mol. The zero-order chi connectivity index (χ0) is 13.5. The first-order valence-electron chi connectivity index (χ1n) is 7.07. The van der Waals surface area contributed by atoms with Crippen molar-refractivity contribution in [1.29, 1.82) is 0 Å². The lowest BCUT2D eigenvalue weighted by molar-refractivity contribution is 0.394. The predicted molar refractivity (Wildman–Crippen MR) is 75.5 cm³/mol. The van der Waals surface area contributed by atoms with E-state index in [-0.39, 0.29) is 5.95 Å². The lowest BCUT2D eigenvalue weighted by Gasteiger charge is -2.34. The van der Waals surface area contributed by atoms with Crippen molar-refractivity contribution in [2.45, 2.75) is 47.0 Å². The van der Waals surface area contributed by atoms with Gasteiger partial charge in [0.2, 0.25) is 5.95 Å². The molecule has 1 aromatic rings. The molecule has 1 aliphatic heterocycles. The summed E-state index contributed by atoms with van der Waals surface area (Å²) in [5, 5.41) is 0. The summed E-state index contributed by atoms with van der Waals surface area (Å²) in [7, 11) is 0. The van der Waals surface area contributed by atoms with Gasteiger partial charge in [-0.25, -0.2) is 4.98 Å². The van der Waals surface area contributed by atoms with Gasteiger partial charge in [0, 0.05) is 31.0 Å². The normalized spacial score (nSPS) is 16.2. The molecule has 0 amide bonds. The lowest BCUT2D eigenvalue weighted by Crippen LogP contribution is -2.34. The second-order valence-electron chi connectivity index (χ2n) is 4.63. The number of halogens is 1. The van der Waals surface area contributed by atoms with Gasteiger partial charge in [-0.1, -0.05) is 27.2 Å². The van der Waals surface area contributed by atoms with Crippen molar-refractivity contribution in [3.63, 3.8) is 0 Å². The Morgan fingerprint density at radius 1 is 1.33 bits per heavy atom. The number of rotatable bonds is 2. The third-order valence-electron chi connectivity index (χ3n) is 3.57. The van der Waals surface area contributed by atoms with Gasteiger partial charge in [0.1, 0.15) is 0 Å². The van der Waals surface area contributed by atoms with Crippen molar-refractivity contribution in [3.05, 3.63) is 23.8 Å². The van der Waals surface area contributed by atoms with Gasteiger partial charge in [0.15, 0.2) is 0 Å². The molecule has 0 unspecified atom stereocenters. The van der Waals surface area contributed by atoms with E-state index in [0.717, 1.165) is 30.3 Å². The van der Waals surface area contributed by atoms with Gasteiger partial charge in [-0.3, -0.25) is 0 Å². The molecule has 18 heavy (non-hydrogen) atoms. The third-order valence-corrected chi connectivity index (χ3v) is 3.57. The fourth-order valence-electron chi connectivity index (χ4n) is 2.41. The maximum absolute atomic E-state index is 13.1. The Kier molecular flexibility index (Phi) is 6.10. The van der Waals surface area contributed by atoms with Gasteiger partial charge in [-0.2, -0.15) is 4.39 Å². The maximum Gasteiger partial charge on any atom is 0.214 e. The van der Waals surface area contributed by atoms with E-state index in [1.54, 1.807) is 12.3 Å². The number of pyridine rings is 1. The Labute approximate surface area is 110 Å². The average Bonchev–Trinajstić information content (AvgIpc) is 2.44. The summed E-state index contributed by atoms with van der Waals surface area (Å²) in [5.74, 6) is 0.474. The van der Waals surface area contributed by atoms with Crippen LogP contribution in [0, 0.1) is 18.8 Å². The standard InChI is InChI=1S/C13H19FN2.C2H6/c1-3-11-4-6-16(7-5-11)12-8-13(14)15-9-10(12)2;1-2/h8-9,11H,3-7H2,1-2H3;1-2H3. The largest absolute Gasteiger partial charge is 0.371 e. The zero-order valence-corrected chi connectivity index (χ0v) is 12.0. The van der Waals surface area contributed by atoms with E-state index in [4.69, 9.17) is 0 Å². The van der Waals surface area contributed by atoms with Crippen molar-refractivity contribution >= 4 is 5.69 Å². The van der Waals surface area contributed by atoms with Gasteiger partial charge in [0.05, 0.1) is 0 Å². The molecule has 1 saturated heterocycles. The van der Waals surface area contributed by atoms with Crippen molar-refractivity contribution in [1.82, 2.24) is 4.98 Å². The van der Waals surface area contributed by atoms with Crippen molar-refractivity contribution in [2.75, 3.05) is 18.0 Å². The molecular weight excluding hydrogens is 227 g/mol. The number of piperidine rings is 1. The van der Waals surface area contributed by atoms with Gasteiger partial charge < -0.3 is 4.90 Å². The molecule has 2 heterocycles. The van der Waals surface area contributed by atoms with Crippen LogP contribution in [0.4, 0.5) is 10.1 Å². The van der Waals surface area contributed by atoms with Crippen LogP contribution in [0.1, 0.15) is 45.6 Å². The Hall–Kier alpha value is -1.12. The smallest absolute Gasteiger partial charge is 0.214 e. The molecule has 1 aliphatic rings. The molecule has 3 heteroatoms. The second-order valence-corrected chi connectivity index (χ2v) is 4.63. The molecule has 0 N–H and O–H groups in total. The fourth-order valence-corrected chi connectivity index (χ4v) is 2.41. The Bertz CT molecular complexity index is 358. The van der Waals surface area contributed by atoms with Gasteiger partial charge in [-0.15, -0.1) is 0 Å². The molecule has 2 rings (SSSR count). The highest BCUT2D eigenvalue weighted by Gasteiger charge is 2.19. The fraction of sp³-hybridized carbons (Fsp3) is 0.667. The van der Waals surface area contributed by atoms with Crippen molar-refractivity contribution < 1.29 is 4.39 Å². The van der Waals surface area contributed by atoms with E-state index in [9.17, 15) is 4.39 Å². The molecule has 0 bridgehead atoms. The molecule has 0 aromatic carbocycles. The first-order chi connectivity index (χ1) is 8.70. The van der Waals surface area contributed by atoms with Crippen LogP contribution in [0.25, 0.3) is 0 Å². The van der Waals surface area contributed by atoms with Gasteiger partial charge >= 0.3 is 0 Å². The summed E-state index contributed by atoms with van der Waals surface area (Å²) >= 11 is 0. The number of aromatic nitrogens is 1. The van der Waals surface area contributed by atoms with E-state index < -0.39 is 0 Å². The summed E-state index contributed by atoms with van der Waals surface area (Å²) in [6.45, 7) is 10.3. The molecule has 1 aromatic heterocycles. The zero-order valence-electron chi connectivity index (χ0n) is 12.0. The van der Waals surface area contributed by atoms with Crippen LogP contribution < -0.4 is 4.90 Å². The molecule has 0 radical (unpaired) electrons. The SMILES string of the molecule is CC.CCC1CCN(c2cc(F)ncc2C)CC1. The minimum absolute atomic E-state index is 0.377. The second kappa shape index (κ2) is 7.34. The number of hydrogen-bond donors (Lipinski definition) is 0. The number of nitrogens with zero attached hydrogens (tertiary/aromatic N) is 2. The molecule has 0 atom stereocenters. The average molecular weight is 252 g/mol. The minimum atomic E-state index is -0.377. The third kappa shape index (κ3) is 3.69. The van der Waals surface area contributed by atoms with Crippen LogP contribution in [-0.4, -0.2) is 18.1 Å². The van der Waals surface area contributed by atoms with Crippen LogP contribution in [0.5, 0.6) is 0 Å². The summed E-state index contributed by atoms with van der Waals surface area (Å²) < 4.78 is 13.1. The minimum Gasteiger partial charge on any atom is -0.371 e. The van der Waals surface area contributed by atoms with Crippen LogP contribution in [-0.2, 0) is 0 Å². The van der Waals surface area contributed by atoms with E-state index in [1.807, 2.05) is 20.8 Å². The summed E-state index contributed by atoms with van der Waals surface area (Å²) in [6.07, 6.45) is 5.33. The van der Waals surface area contributed by atoms with Gasteiger partial charge in [-0.05, 0) is 31.2 Å². The Morgan fingerprint density at radius 3 is 2.50 bits per heavy atom. The summed E-state index contributed by atoms with van der Waals surface area (Å²) in [5.41, 5.74) is 2.08. The highest BCUT2D eigenvalue weighted by atomic mass is 19.1. The molecular formula is C15H25FN2. The Balaban J connectivity index is 0.000000771. The van der Waals surface area contributed by atoms with Crippen LogP contribution in [0.2, 0.25) is 0 Å². The molecule has 0 spiro atoms. The topological polar surface area (TPSA) is 16.1 Å². The van der Waals surface area contributed by atoms with Crippen molar-refractivity contribution in [3.8, 4) is 0 Å². The van der Waals surface area contributed by atoms with E-state index in [0.29, 0.717) is 0 Å². The first-order valence-corrected chi connectivity index (χ1v) is 7.07. The number of aryl methyl sites for hydroxylation is 1. The molecule has 102 valence electrons. The van der Waals surface area contributed by atoms with E-state index >= 15 is 0 Å². The molecule has 0 aliphatic carbocycles. The Morgan fingerprint density at radius 2 is 1.94 bits per heavy atom. The van der Waals surface area contributed by atoms with Crippen LogP contribution >= 0.6 is 0 Å². The van der Waals surface area contributed by atoms with Crippen LogP contribution in [0.3, 0.4) is 0 Å².